The maximum atomic E-state index is 12.5. The van der Waals surface area contributed by atoms with Crippen LogP contribution in [0.1, 0.15) is 30.6 Å². The molecule has 0 atom stereocenters. The summed E-state index contributed by atoms with van der Waals surface area (Å²) in [5.41, 5.74) is 6.39. The summed E-state index contributed by atoms with van der Waals surface area (Å²) in [6.45, 7) is 4.69. The van der Waals surface area contributed by atoms with Crippen molar-refractivity contribution in [2.75, 3.05) is 5.32 Å². The molecule has 0 aliphatic rings. The van der Waals surface area contributed by atoms with Crippen LogP contribution in [0.15, 0.2) is 72.1 Å². The Morgan fingerprint density at radius 2 is 1.84 bits per heavy atom. The van der Waals surface area contributed by atoms with Crippen molar-refractivity contribution in [1.82, 2.24) is 15.0 Å². The van der Waals surface area contributed by atoms with Gasteiger partial charge in [0.15, 0.2) is 0 Å². The molecular formula is C24H23N5O2. The maximum Gasteiger partial charge on any atom is 0.272 e. The van der Waals surface area contributed by atoms with Crippen LogP contribution >= 0.6 is 0 Å². The molecule has 0 bridgehead atoms. The van der Waals surface area contributed by atoms with Gasteiger partial charge in [0.1, 0.15) is 0 Å². The Labute approximate surface area is 179 Å². The highest BCUT2D eigenvalue weighted by molar-refractivity contribution is 6.11. The molecule has 0 saturated carbocycles. The number of nitrogens with zero attached hydrogens (tertiary/aromatic N) is 3. The van der Waals surface area contributed by atoms with Gasteiger partial charge in [0.05, 0.1) is 12.0 Å². The van der Waals surface area contributed by atoms with Crippen LogP contribution in [0.2, 0.25) is 0 Å². The summed E-state index contributed by atoms with van der Waals surface area (Å²) in [5, 5.41) is 9.20. The molecule has 4 rings (SSSR count). The fourth-order valence-corrected chi connectivity index (χ4v) is 3.66. The zero-order valence-electron chi connectivity index (χ0n) is 17.4. The molecule has 7 heteroatoms. The van der Waals surface area contributed by atoms with E-state index in [9.17, 15) is 9.59 Å². The number of benzene rings is 2. The molecule has 31 heavy (non-hydrogen) atoms. The van der Waals surface area contributed by atoms with Gasteiger partial charge in [0.25, 0.3) is 5.91 Å². The number of carbonyl (C=O) groups is 2. The summed E-state index contributed by atoms with van der Waals surface area (Å²) in [6, 6.07) is 17.5. The van der Waals surface area contributed by atoms with Gasteiger partial charge < -0.3 is 9.88 Å². The van der Waals surface area contributed by atoms with E-state index in [0.717, 1.165) is 28.5 Å². The highest BCUT2D eigenvalue weighted by Gasteiger charge is 2.11. The number of aromatic nitrogens is 2. The first-order valence-electron chi connectivity index (χ1n) is 10.1. The lowest BCUT2D eigenvalue weighted by Crippen LogP contribution is -2.21. The van der Waals surface area contributed by atoms with Crippen LogP contribution < -0.4 is 10.7 Å². The van der Waals surface area contributed by atoms with Gasteiger partial charge in [-0.25, -0.2) is 5.43 Å². The maximum absolute atomic E-state index is 12.5. The molecular weight excluding hydrogens is 390 g/mol. The number of aryl methyl sites for hydroxylation is 1. The van der Waals surface area contributed by atoms with Crippen LogP contribution in [0.25, 0.3) is 21.8 Å². The van der Waals surface area contributed by atoms with Crippen molar-refractivity contribution in [1.29, 1.82) is 0 Å². The van der Waals surface area contributed by atoms with E-state index in [-0.39, 0.29) is 18.2 Å². The van der Waals surface area contributed by atoms with Crippen LogP contribution in [0.5, 0.6) is 0 Å². The molecule has 0 aliphatic heterocycles. The monoisotopic (exact) mass is 413 g/mol. The molecule has 4 aromatic rings. The van der Waals surface area contributed by atoms with E-state index in [1.54, 1.807) is 25.3 Å². The van der Waals surface area contributed by atoms with Crippen molar-refractivity contribution < 1.29 is 9.59 Å². The minimum atomic E-state index is -0.370. The third kappa shape index (κ3) is 4.30. The molecule has 7 nitrogen and oxygen atoms in total. The SMILES string of the molecule is CCn1c2ccccc2c2cc(NC(=O)CC(C)=NNC(=O)c3cccnc3)ccc21. The van der Waals surface area contributed by atoms with Gasteiger partial charge in [-0.2, -0.15) is 5.10 Å². The average Bonchev–Trinajstić information content (AvgIpc) is 3.11. The van der Waals surface area contributed by atoms with E-state index < -0.39 is 0 Å². The standard InChI is InChI=1S/C24H23N5O2/c1-3-29-21-9-5-4-8-19(21)20-14-18(10-11-22(20)29)26-23(30)13-16(2)27-28-24(31)17-7-6-12-25-15-17/h4-12,14-15H,3,13H2,1-2H3,(H,26,30)(H,28,31). The normalized spacial score (nSPS) is 11.6. The minimum absolute atomic E-state index is 0.0715. The number of para-hydroxylation sites is 1. The number of fused-ring (bicyclic) bond motifs is 3. The minimum Gasteiger partial charge on any atom is -0.341 e. The highest BCUT2D eigenvalue weighted by atomic mass is 16.2. The van der Waals surface area contributed by atoms with Gasteiger partial charge in [0.2, 0.25) is 5.91 Å². The van der Waals surface area contributed by atoms with E-state index in [2.05, 4.69) is 44.5 Å². The molecule has 2 aromatic heterocycles. The number of nitrogens with one attached hydrogen (secondary N) is 2. The van der Waals surface area contributed by atoms with Gasteiger partial charge in [0, 0.05) is 52.1 Å². The third-order valence-electron chi connectivity index (χ3n) is 5.06. The van der Waals surface area contributed by atoms with Crippen molar-refractivity contribution in [3.8, 4) is 0 Å². The summed E-state index contributed by atoms with van der Waals surface area (Å²) in [4.78, 5) is 28.4. The smallest absolute Gasteiger partial charge is 0.272 e. The molecule has 0 unspecified atom stereocenters. The van der Waals surface area contributed by atoms with Crippen molar-refractivity contribution in [2.45, 2.75) is 26.8 Å². The van der Waals surface area contributed by atoms with E-state index in [1.165, 1.54) is 11.7 Å². The summed E-state index contributed by atoms with van der Waals surface area (Å²) >= 11 is 0. The molecule has 2 amide bonds. The molecule has 0 saturated heterocycles. The number of hydrogen-bond donors (Lipinski definition) is 2. The molecule has 156 valence electrons. The van der Waals surface area contributed by atoms with Crippen LogP contribution in [-0.2, 0) is 11.3 Å². The van der Waals surface area contributed by atoms with E-state index in [0.29, 0.717) is 11.3 Å². The predicted octanol–water partition coefficient (Wildman–Crippen LogP) is 4.34. The first-order chi connectivity index (χ1) is 15.1. The lowest BCUT2D eigenvalue weighted by molar-refractivity contribution is -0.115. The van der Waals surface area contributed by atoms with Gasteiger partial charge in [-0.05, 0) is 50.2 Å². The van der Waals surface area contributed by atoms with Crippen LogP contribution in [-0.4, -0.2) is 27.1 Å². The quantitative estimate of drug-likeness (QED) is 0.364. The van der Waals surface area contributed by atoms with E-state index in [4.69, 9.17) is 0 Å². The van der Waals surface area contributed by atoms with Crippen LogP contribution in [0, 0.1) is 0 Å². The second-order valence-corrected chi connectivity index (χ2v) is 7.25. The molecule has 0 spiro atoms. The van der Waals surface area contributed by atoms with Gasteiger partial charge >= 0.3 is 0 Å². The van der Waals surface area contributed by atoms with E-state index in [1.807, 2.05) is 30.3 Å². The second kappa shape index (κ2) is 8.79. The van der Waals surface area contributed by atoms with Gasteiger partial charge in [-0.1, -0.05) is 18.2 Å². The molecule has 0 fully saturated rings. The lowest BCUT2D eigenvalue weighted by Gasteiger charge is -2.07. The van der Waals surface area contributed by atoms with Crippen molar-refractivity contribution in [3.05, 3.63) is 72.6 Å². The number of hydrogen-bond acceptors (Lipinski definition) is 4. The highest BCUT2D eigenvalue weighted by Crippen LogP contribution is 2.30. The van der Waals surface area contributed by atoms with Gasteiger partial charge in [-0.3, -0.25) is 14.6 Å². The fourth-order valence-electron chi connectivity index (χ4n) is 3.66. The Morgan fingerprint density at radius 1 is 1.03 bits per heavy atom. The number of amides is 2. The first-order valence-corrected chi connectivity index (χ1v) is 10.1. The van der Waals surface area contributed by atoms with Crippen LogP contribution in [0.3, 0.4) is 0 Å². The van der Waals surface area contributed by atoms with Crippen molar-refractivity contribution in [3.63, 3.8) is 0 Å². The average molecular weight is 413 g/mol. The number of anilines is 1. The van der Waals surface area contributed by atoms with Crippen molar-refractivity contribution >= 4 is 45.0 Å². The predicted molar refractivity (Wildman–Crippen MR) is 123 cm³/mol. The lowest BCUT2D eigenvalue weighted by atomic mass is 10.1. The summed E-state index contributed by atoms with van der Waals surface area (Å²) in [7, 11) is 0. The topological polar surface area (TPSA) is 88.4 Å². The molecule has 2 heterocycles. The number of pyridine rings is 1. The fraction of sp³-hybridized carbons (Fsp3) is 0.167. The Hall–Kier alpha value is -4.00. The molecule has 2 aromatic carbocycles. The summed E-state index contributed by atoms with van der Waals surface area (Å²) in [6.07, 6.45) is 3.12. The zero-order valence-corrected chi connectivity index (χ0v) is 17.4. The molecule has 0 aliphatic carbocycles. The number of carbonyl (C=O) groups excluding carboxylic acids is 2. The Balaban J connectivity index is 1.46. The Morgan fingerprint density at radius 3 is 2.61 bits per heavy atom. The largest absolute Gasteiger partial charge is 0.341 e. The molecule has 0 radical (unpaired) electrons. The first kappa shape index (κ1) is 20.3. The summed E-state index contributed by atoms with van der Waals surface area (Å²) < 4.78 is 2.26. The summed E-state index contributed by atoms with van der Waals surface area (Å²) in [5.74, 6) is -0.568. The zero-order chi connectivity index (χ0) is 21.8. The number of rotatable bonds is 6. The molecule has 2 N–H and O–H groups in total. The second-order valence-electron chi connectivity index (χ2n) is 7.25. The Kier molecular flexibility index (Phi) is 5.75. The van der Waals surface area contributed by atoms with Crippen LogP contribution in [0.4, 0.5) is 5.69 Å². The van der Waals surface area contributed by atoms with Crippen molar-refractivity contribution in [2.24, 2.45) is 5.10 Å². The third-order valence-corrected chi connectivity index (χ3v) is 5.06. The van der Waals surface area contributed by atoms with E-state index >= 15 is 0 Å². The number of hydrazone groups is 1. The van der Waals surface area contributed by atoms with Gasteiger partial charge in [-0.15, -0.1) is 0 Å². The Bertz CT molecular complexity index is 1290.